The van der Waals surface area contributed by atoms with Gasteiger partial charge in [-0.15, -0.1) is 0 Å². The second-order valence-corrected chi connectivity index (χ2v) is 4.71. The number of aliphatic hydroxyl groups excluding tert-OH is 2. The molecule has 3 atom stereocenters. The molecule has 0 aromatic heterocycles. The van der Waals surface area contributed by atoms with E-state index in [1.54, 1.807) is 7.11 Å². The predicted molar refractivity (Wildman–Crippen MR) is 67.1 cm³/mol. The van der Waals surface area contributed by atoms with E-state index in [2.05, 4.69) is 5.32 Å². The number of aliphatic hydroxyl groups is 2. The van der Waals surface area contributed by atoms with Crippen LogP contribution in [0.25, 0.3) is 0 Å². The molecule has 0 heterocycles. The first-order chi connectivity index (χ1) is 7.97. The molecule has 0 radical (unpaired) electrons. The van der Waals surface area contributed by atoms with Gasteiger partial charge in [0.05, 0.1) is 32.0 Å². The zero-order chi connectivity index (χ0) is 13.3. The summed E-state index contributed by atoms with van der Waals surface area (Å²) in [7, 11) is 1.62. The Hall–Kier alpha value is -0.200. The summed E-state index contributed by atoms with van der Waals surface area (Å²) in [6, 6.07) is 0. The minimum atomic E-state index is -0.577. The first kappa shape index (κ1) is 16.8. The maximum atomic E-state index is 9.71. The first-order valence-electron chi connectivity index (χ1n) is 6.12. The van der Waals surface area contributed by atoms with E-state index in [4.69, 9.17) is 9.47 Å². The number of β-amino-alcohol motifs (C(OH)–C–C–N with tert-alkyl or cyclic N) is 1. The molecule has 0 bridgehead atoms. The van der Waals surface area contributed by atoms with Crippen molar-refractivity contribution >= 4 is 0 Å². The molecule has 17 heavy (non-hydrogen) atoms. The van der Waals surface area contributed by atoms with Crippen molar-refractivity contribution in [3.8, 4) is 0 Å². The zero-order valence-corrected chi connectivity index (χ0v) is 11.4. The Labute approximate surface area is 104 Å². The van der Waals surface area contributed by atoms with Crippen LogP contribution in [0.3, 0.4) is 0 Å². The van der Waals surface area contributed by atoms with Gasteiger partial charge in [-0.2, -0.15) is 0 Å². The topological polar surface area (TPSA) is 71.0 Å². The van der Waals surface area contributed by atoms with Crippen LogP contribution in [0, 0.1) is 0 Å². The average molecular weight is 249 g/mol. The monoisotopic (exact) mass is 249 g/mol. The van der Waals surface area contributed by atoms with Crippen molar-refractivity contribution in [3.05, 3.63) is 0 Å². The van der Waals surface area contributed by atoms with Gasteiger partial charge in [-0.3, -0.25) is 0 Å². The number of rotatable bonds is 10. The molecule has 0 aliphatic rings. The van der Waals surface area contributed by atoms with Crippen molar-refractivity contribution in [3.63, 3.8) is 0 Å². The van der Waals surface area contributed by atoms with Crippen LogP contribution in [0.4, 0.5) is 0 Å². The van der Waals surface area contributed by atoms with Crippen molar-refractivity contribution in [1.82, 2.24) is 5.32 Å². The lowest BCUT2D eigenvalue weighted by Gasteiger charge is -2.28. The van der Waals surface area contributed by atoms with E-state index < -0.39 is 6.10 Å². The number of methoxy groups -OCH3 is 1. The second kappa shape index (κ2) is 8.83. The first-order valence-corrected chi connectivity index (χ1v) is 6.12. The Morgan fingerprint density at radius 1 is 1.35 bits per heavy atom. The van der Waals surface area contributed by atoms with Gasteiger partial charge in [-0.05, 0) is 20.3 Å². The van der Waals surface area contributed by atoms with Crippen LogP contribution in [0.5, 0.6) is 0 Å². The summed E-state index contributed by atoms with van der Waals surface area (Å²) in [6.45, 7) is 7.06. The molecule has 0 saturated carbocycles. The molecule has 0 spiro atoms. The number of hydrogen-bond acceptors (Lipinski definition) is 5. The molecule has 5 nitrogen and oxygen atoms in total. The van der Waals surface area contributed by atoms with Gasteiger partial charge in [-0.25, -0.2) is 0 Å². The molecule has 0 saturated heterocycles. The van der Waals surface area contributed by atoms with Gasteiger partial charge in [-0.1, -0.05) is 6.92 Å². The number of nitrogens with one attached hydrogen (secondary N) is 1. The smallest absolute Gasteiger partial charge is 0.0898 e. The van der Waals surface area contributed by atoms with E-state index in [9.17, 15) is 10.2 Å². The van der Waals surface area contributed by atoms with Crippen molar-refractivity contribution in [2.75, 3.05) is 33.5 Å². The quantitative estimate of drug-likeness (QED) is 0.514. The molecule has 0 aliphatic heterocycles. The number of ether oxygens (including phenoxy) is 2. The van der Waals surface area contributed by atoms with E-state index in [1.165, 1.54) is 0 Å². The van der Waals surface area contributed by atoms with Gasteiger partial charge in [0, 0.05) is 19.2 Å². The van der Waals surface area contributed by atoms with E-state index in [0.29, 0.717) is 13.2 Å². The lowest BCUT2D eigenvalue weighted by atomic mass is 10.0. The highest BCUT2D eigenvalue weighted by molar-refractivity contribution is 4.81. The molecule has 3 unspecified atom stereocenters. The largest absolute Gasteiger partial charge is 0.394 e. The maximum absolute atomic E-state index is 9.71. The summed E-state index contributed by atoms with van der Waals surface area (Å²) < 4.78 is 10.3. The van der Waals surface area contributed by atoms with Crippen LogP contribution in [0.1, 0.15) is 27.2 Å². The van der Waals surface area contributed by atoms with Crippen molar-refractivity contribution in [1.29, 1.82) is 0 Å². The Balaban J connectivity index is 3.75. The summed E-state index contributed by atoms with van der Waals surface area (Å²) in [4.78, 5) is 0. The van der Waals surface area contributed by atoms with E-state index >= 15 is 0 Å². The fraction of sp³-hybridized carbons (Fsp3) is 1.00. The van der Waals surface area contributed by atoms with Crippen molar-refractivity contribution in [2.45, 2.75) is 44.9 Å². The van der Waals surface area contributed by atoms with E-state index in [-0.39, 0.29) is 24.9 Å². The van der Waals surface area contributed by atoms with Gasteiger partial charge >= 0.3 is 0 Å². The lowest BCUT2D eigenvalue weighted by molar-refractivity contribution is -0.0333. The molecule has 0 amide bonds. The normalized spacial score (nSPS) is 18.7. The lowest BCUT2D eigenvalue weighted by Crippen LogP contribution is -2.49. The molecule has 5 heteroatoms. The number of hydrogen-bond donors (Lipinski definition) is 3. The standard InChI is InChI=1S/C12H27NO4/c1-5-12(3,9-14)13-6-11(15)8-17-10(2)7-16-4/h10-11,13-15H,5-9H2,1-4H3. The zero-order valence-electron chi connectivity index (χ0n) is 11.4. The van der Waals surface area contributed by atoms with Crippen LogP contribution in [-0.2, 0) is 9.47 Å². The molecule has 0 rings (SSSR count). The molecule has 104 valence electrons. The highest BCUT2D eigenvalue weighted by Crippen LogP contribution is 2.07. The van der Waals surface area contributed by atoms with Gasteiger partial charge < -0.3 is 25.0 Å². The molecular weight excluding hydrogens is 222 g/mol. The predicted octanol–water partition coefficient (Wildman–Crippen LogP) is 0.149. The Bertz CT molecular complexity index is 185. The van der Waals surface area contributed by atoms with E-state index in [1.807, 2.05) is 20.8 Å². The van der Waals surface area contributed by atoms with Crippen LogP contribution in [-0.4, -0.2) is 61.4 Å². The third-order valence-corrected chi connectivity index (χ3v) is 2.87. The van der Waals surface area contributed by atoms with Gasteiger partial charge in [0.25, 0.3) is 0 Å². The van der Waals surface area contributed by atoms with Crippen LogP contribution < -0.4 is 5.32 Å². The molecule has 3 N–H and O–H groups in total. The third-order valence-electron chi connectivity index (χ3n) is 2.87. The maximum Gasteiger partial charge on any atom is 0.0898 e. The van der Waals surface area contributed by atoms with Crippen LogP contribution >= 0.6 is 0 Å². The highest BCUT2D eigenvalue weighted by Gasteiger charge is 2.21. The fourth-order valence-corrected chi connectivity index (χ4v) is 1.27. The van der Waals surface area contributed by atoms with Crippen LogP contribution in [0.2, 0.25) is 0 Å². The minimum absolute atomic E-state index is 0.0231. The van der Waals surface area contributed by atoms with Gasteiger partial charge in [0.15, 0.2) is 0 Å². The minimum Gasteiger partial charge on any atom is -0.394 e. The summed E-state index contributed by atoms with van der Waals surface area (Å²) in [5.41, 5.74) is -0.334. The molecule has 0 fully saturated rings. The summed E-state index contributed by atoms with van der Waals surface area (Å²) in [5, 5.41) is 22.0. The van der Waals surface area contributed by atoms with Crippen molar-refractivity contribution in [2.24, 2.45) is 0 Å². The Morgan fingerprint density at radius 3 is 2.47 bits per heavy atom. The Morgan fingerprint density at radius 2 is 2.00 bits per heavy atom. The molecular formula is C12H27NO4. The van der Waals surface area contributed by atoms with Crippen molar-refractivity contribution < 1.29 is 19.7 Å². The summed E-state index contributed by atoms with van der Waals surface area (Å²) in [5.74, 6) is 0. The van der Waals surface area contributed by atoms with Gasteiger partial charge in [0.2, 0.25) is 0 Å². The summed E-state index contributed by atoms with van der Waals surface area (Å²) in [6.07, 6.45) is 0.203. The molecule has 0 aromatic rings. The summed E-state index contributed by atoms with van der Waals surface area (Å²) >= 11 is 0. The molecule has 0 aromatic carbocycles. The highest BCUT2D eigenvalue weighted by atomic mass is 16.5. The third kappa shape index (κ3) is 7.68. The van der Waals surface area contributed by atoms with Gasteiger partial charge in [0.1, 0.15) is 0 Å². The fourth-order valence-electron chi connectivity index (χ4n) is 1.27. The molecule has 0 aliphatic carbocycles. The van der Waals surface area contributed by atoms with E-state index in [0.717, 1.165) is 6.42 Å². The average Bonchev–Trinajstić information content (AvgIpc) is 2.34. The SMILES string of the molecule is CCC(C)(CO)NCC(O)COC(C)COC. The van der Waals surface area contributed by atoms with Crippen LogP contribution in [0.15, 0.2) is 0 Å². The second-order valence-electron chi connectivity index (χ2n) is 4.71. The Kier molecular flexibility index (Phi) is 8.72.